The Hall–Kier alpha value is -2.35. The average molecular weight is 490 g/mol. The number of rotatable bonds is 12. The molecule has 0 aliphatic carbocycles. The van der Waals surface area contributed by atoms with Crippen LogP contribution in [0.5, 0.6) is 0 Å². The molecule has 192 valence electrons. The first-order valence-corrected chi connectivity index (χ1v) is 12.4. The van der Waals surface area contributed by atoms with E-state index in [0.717, 1.165) is 16.7 Å². The number of esters is 1. The Bertz CT molecular complexity index is 970. The van der Waals surface area contributed by atoms with E-state index < -0.39 is 12.3 Å². The molecule has 1 aliphatic rings. The van der Waals surface area contributed by atoms with Gasteiger partial charge < -0.3 is 14.6 Å². The molecule has 0 saturated carbocycles. The van der Waals surface area contributed by atoms with Crippen molar-refractivity contribution in [1.29, 1.82) is 0 Å². The topological polar surface area (TPSA) is 59.0 Å². The molecule has 1 heterocycles. The molecule has 0 bridgehead atoms. The van der Waals surface area contributed by atoms with E-state index >= 15 is 0 Å². The maximum atomic E-state index is 14.2. The molecule has 1 N–H and O–H groups in total. The molecule has 1 aliphatic heterocycles. The number of hydrogen-bond acceptors (Lipinski definition) is 5. The van der Waals surface area contributed by atoms with Gasteiger partial charge in [0.15, 0.2) is 0 Å². The van der Waals surface area contributed by atoms with Gasteiger partial charge in [0.05, 0.1) is 25.4 Å². The summed E-state index contributed by atoms with van der Waals surface area (Å²) in [5, 5.41) is 10.7. The Kier molecular flexibility index (Phi) is 10.2. The Morgan fingerprint density at radius 1 is 1.26 bits per heavy atom. The number of halogens is 2. The Balaban J connectivity index is 1.53. The number of aliphatic hydroxyl groups excluding tert-OH is 1. The van der Waals surface area contributed by atoms with Crippen LogP contribution < -0.4 is 0 Å². The van der Waals surface area contributed by atoms with Gasteiger partial charge in [0.25, 0.3) is 0 Å². The van der Waals surface area contributed by atoms with Crippen molar-refractivity contribution in [2.24, 2.45) is 0 Å². The summed E-state index contributed by atoms with van der Waals surface area (Å²) >= 11 is 0. The van der Waals surface area contributed by atoms with Crippen LogP contribution in [0.4, 0.5) is 8.78 Å². The van der Waals surface area contributed by atoms with Crippen molar-refractivity contribution in [2.75, 3.05) is 26.3 Å². The molecule has 7 heteroatoms. The largest absolute Gasteiger partial charge is 0.466 e. The van der Waals surface area contributed by atoms with Crippen molar-refractivity contribution >= 4 is 5.97 Å². The maximum absolute atomic E-state index is 14.2. The van der Waals surface area contributed by atoms with Crippen LogP contribution in [0.25, 0.3) is 0 Å². The van der Waals surface area contributed by atoms with Gasteiger partial charge in [-0.15, -0.1) is 0 Å². The van der Waals surface area contributed by atoms with Gasteiger partial charge in [-0.05, 0) is 68.4 Å². The molecule has 0 spiro atoms. The molecule has 0 radical (unpaired) electrons. The van der Waals surface area contributed by atoms with Gasteiger partial charge in [0.1, 0.15) is 12.0 Å². The van der Waals surface area contributed by atoms with Crippen LogP contribution in [-0.4, -0.2) is 60.6 Å². The van der Waals surface area contributed by atoms with Crippen LogP contribution >= 0.6 is 0 Å². The summed E-state index contributed by atoms with van der Waals surface area (Å²) in [7, 11) is 0. The van der Waals surface area contributed by atoms with Crippen molar-refractivity contribution in [2.45, 2.75) is 70.9 Å². The third kappa shape index (κ3) is 8.09. The zero-order valence-electron chi connectivity index (χ0n) is 20.9. The molecule has 0 unspecified atom stereocenters. The number of likely N-dealkylation sites (tertiary alicyclic amines) is 1. The molecule has 5 nitrogen and oxygen atoms in total. The summed E-state index contributed by atoms with van der Waals surface area (Å²) in [6.07, 6.45) is -0.269. The monoisotopic (exact) mass is 489 g/mol. The lowest BCUT2D eigenvalue weighted by Gasteiger charge is -2.27. The lowest BCUT2D eigenvalue weighted by Crippen LogP contribution is -2.39. The summed E-state index contributed by atoms with van der Waals surface area (Å²) < 4.78 is 39.1. The van der Waals surface area contributed by atoms with Crippen LogP contribution in [-0.2, 0) is 27.1 Å². The second-order valence-corrected chi connectivity index (χ2v) is 9.36. The van der Waals surface area contributed by atoms with E-state index in [9.17, 15) is 18.7 Å². The first-order chi connectivity index (χ1) is 16.8. The van der Waals surface area contributed by atoms with Crippen molar-refractivity contribution in [3.63, 3.8) is 0 Å². The molecule has 3 rings (SSSR count). The summed E-state index contributed by atoms with van der Waals surface area (Å²) in [5.74, 6) is -0.486. The second kappa shape index (κ2) is 13.1. The molecule has 2 aromatic carbocycles. The SMILES string of the molecule is CCOC(=O)CCc1ccccc1[C@@H](C)OC[C@H](O)CN1C[C@H](F)C[C@H]1Cc1ccc(C)c(F)c1. The molecule has 1 saturated heterocycles. The van der Waals surface area contributed by atoms with Crippen LogP contribution in [0.15, 0.2) is 42.5 Å². The number of carbonyl (C=O) groups excluding carboxylic acids is 1. The number of alkyl halides is 1. The number of ether oxygens (including phenoxy) is 2. The lowest BCUT2D eigenvalue weighted by atomic mass is 9.99. The predicted octanol–water partition coefficient (Wildman–Crippen LogP) is 4.72. The Morgan fingerprint density at radius 3 is 2.77 bits per heavy atom. The second-order valence-electron chi connectivity index (χ2n) is 9.36. The predicted molar refractivity (Wildman–Crippen MR) is 131 cm³/mol. The number of carbonyl (C=O) groups is 1. The number of hydrogen-bond donors (Lipinski definition) is 1. The highest BCUT2D eigenvalue weighted by Crippen LogP contribution is 2.26. The van der Waals surface area contributed by atoms with Gasteiger partial charge in [-0.2, -0.15) is 0 Å². The number of aliphatic hydroxyl groups is 1. The van der Waals surface area contributed by atoms with Crippen molar-refractivity contribution < 1.29 is 28.2 Å². The molecular weight excluding hydrogens is 452 g/mol. The third-order valence-corrected chi connectivity index (χ3v) is 6.57. The minimum atomic E-state index is -0.964. The highest BCUT2D eigenvalue weighted by Gasteiger charge is 2.33. The normalized spacial score (nSPS) is 20.1. The Labute approximate surface area is 207 Å². The van der Waals surface area contributed by atoms with Gasteiger partial charge in [0, 0.05) is 25.6 Å². The zero-order valence-corrected chi connectivity index (χ0v) is 20.9. The van der Waals surface area contributed by atoms with Crippen molar-refractivity contribution in [3.8, 4) is 0 Å². The highest BCUT2D eigenvalue weighted by molar-refractivity contribution is 5.69. The van der Waals surface area contributed by atoms with Gasteiger partial charge in [-0.25, -0.2) is 8.78 Å². The van der Waals surface area contributed by atoms with Crippen LogP contribution in [0.3, 0.4) is 0 Å². The quantitative estimate of drug-likeness (QED) is 0.437. The minimum Gasteiger partial charge on any atom is -0.466 e. The molecule has 1 fully saturated rings. The highest BCUT2D eigenvalue weighted by atomic mass is 19.1. The fraction of sp³-hybridized carbons (Fsp3) is 0.536. The van der Waals surface area contributed by atoms with Gasteiger partial charge in [-0.3, -0.25) is 9.69 Å². The molecule has 0 amide bonds. The van der Waals surface area contributed by atoms with Gasteiger partial charge in [-0.1, -0.05) is 36.4 Å². The van der Waals surface area contributed by atoms with Crippen LogP contribution in [0.2, 0.25) is 0 Å². The first kappa shape index (κ1) is 27.2. The number of benzene rings is 2. The van der Waals surface area contributed by atoms with Gasteiger partial charge in [0.2, 0.25) is 0 Å². The summed E-state index contributed by atoms with van der Waals surface area (Å²) in [4.78, 5) is 13.7. The van der Waals surface area contributed by atoms with E-state index in [1.165, 1.54) is 6.07 Å². The standard InChI is InChI=1S/C28H37F2NO4/c1-4-34-28(33)12-11-22-7-5-6-8-26(22)20(3)35-18-25(32)17-31-16-23(29)15-24(31)13-21-10-9-19(2)27(30)14-21/h5-10,14,20,23-25,32H,4,11-13,15-18H2,1-3H3/t20-,23-,24-,25-/m1/s1. The molecule has 35 heavy (non-hydrogen) atoms. The van der Waals surface area contributed by atoms with E-state index in [1.807, 2.05) is 42.2 Å². The van der Waals surface area contributed by atoms with Crippen molar-refractivity contribution in [1.82, 2.24) is 4.90 Å². The number of nitrogens with zero attached hydrogens (tertiary/aromatic N) is 1. The summed E-state index contributed by atoms with van der Waals surface area (Å²) in [5.41, 5.74) is 3.39. The van der Waals surface area contributed by atoms with Crippen LogP contribution in [0.1, 0.15) is 55.0 Å². The molecule has 2 aromatic rings. The lowest BCUT2D eigenvalue weighted by molar-refractivity contribution is -0.143. The van der Waals surface area contributed by atoms with E-state index in [-0.39, 0.29) is 43.6 Å². The van der Waals surface area contributed by atoms with E-state index in [0.29, 0.717) is 37.9 Å². The minimum absolute atomic E-state index is 0.0946. The van der Waals surface area contributed by atoms with E-state index in [2.05, 4.69) is 0 Å². The van der Waals surface area contributed by atoms with E-state index in [4.69, 9.17) is 9.47 Å². The Morgan fingerprint density at radius 2 is 2.03 bits per heavy atom. The smallest absolute Gasteiger partial charge is 0.306 e. The summed E-state index contributed by atoms with van der Waals surface area (Å²) in [6, 6.07) is 12.8. The maximum Gasteiger partial charge on any atom is 0.306 e. The zero-order chi connectivity index (χ0) is 25.4. The first-order valence-electron chi connectivity index (χ1n) is 12.4. The van der Waals surface area contributed by atoms with Crippen LogP contribution in [0, 0.1) is 12.7 Å². The molecule has 0 aromatic heterocycles. The fourth-order valence-corrected chi connectivity index (χ4v) is 4.69. The number of β-amino-alcohol motifs (C(OH)–C–C–N with tert-alkyl or cyclic N) is 1. The average Bonchev–Trinajstić information content (AvgIpc) is 3.17. The third-order valence-electron chi connectivity index (χ3n) is 6.57. The fourth-order valence-electron chi connectivity index (χ4n) is 4.69. The van der Waals surface area contributed by atoms with Crippen molar-refractivity contribution in [3.05, 3.63) is 70.5 Å². The molecule has 4 atom stereocenters. The summed E-state index contributed by atoms with van der Waals surface area (Å²) in [6.45, 7) is 6.42. The molecular formula is C28H37F2NO4. The van der Waals surface area contributed by atoms with E-state index in [1.54, 1.807) is 19.9 Å². The van der Waals surface area contributed by atoms with Gasteiger partial charge >= 0.3 is 5.97 Å². The number of aryl methyl sites for hydroxylation is 2.